The summed E-state index contributed by atoms with van der Waals surface area (Å²) >= 11 is 0. The summed E-state index contributed by atoms with van der Waals surface area (Å²) in [5, 5.41) is 0. The molecular weight excluding hydrogens is 268 g/mol. The minimum atomic E-state index is -0.387. The summed E-state index contributed by atoms with van der Waals surface area (Å²) in [6.07, 6.45) is 4.83. The summed E-state index contributed by atoms with van der Waals surface area (Å²) < 4.78 is 0. The first-order valence-corrected chi connectivity index (χ1v) is 8.41. The highest BCUT2D eigenvalue weighted by molar-refractivity contribution is 5.37. The molecule has 0 bridgehead atoms. The molecule has 1 aliphatic rings. The molecule has 1 heterocycles. The molecule has 0 aromatic heterocycles. The van der Waals surface area contributed by atoms with Gasteiger partial charge in [-0.1, -0.05) is 60.7 Å². The SMILES string of the molecule is NC(CCCN1CCCC1)(c1ccccc1)c1ccccc1. The Bertz CT molecular complexity index is 519. The van der Waals surface area contributed by atoms with E-state index in [0.29, 0.717) is 0 Å². The third-order valence-corrected chi connectivity index (χ3v) is 4.82. The number of rotatable bonds is 6. The Balaban J connectivity index is 1.77. The van der Waals surface area contributed by atoms with Gasteiger partial charge < -0.3 is 10.6 Å². The number of nitrogens with zero attached hydrogens (tertiary/aromatic N) is 1. The highest BCUT2D eigenvalue weighted by atomic mass is 15.1. The summed E-state index contributed by atoms with van der Waals surface area (Å²) in [6.45, 7) is 3.68. The molecule has 0 saturated carbocycles. The van der Waals surface area contributed by atoms with E-state index in [1.807, 2.05) is 0 Å². The number of hydrogen-bond donors (Lipinski definition) is 1. The molecule has 0 spiro atoms. The van der Waals surface area contributed by atoms with E-state index in [4.69, 9.17) is 5.73 Å². The van der Waals surface area contributed by atoms with Gasteiger partial charge in [0.2, 0.25) is 0 Å². The molecule has 0 atom stereocenters. The number of benzene rings is 2. The maximum Gasteiger partial charge on any atom is 0.0666 e. The van der Waals surface area contributed by atoms with Gasteiger partial charge in [0.05, 0.1) is 5.54 Å². The van der Waals surface area contributed by atoms with Gasteiger partial charge in [-0.25, -0.2) is 0 Å². The van der Waals surface area contributed by atoms with Crippen LogP contribution in [0.2, 0.25) is 0 Å². The van der Waals surface area contributed by atoms with E-state index in [2.05, 4.69) is 65.6 Å². The van der Waals surface area contributed by atoms with E-state index in [1.165, 1.54) is 43.6 Å². The lowest BCUT2D eigenvalue weighted by Crippen LogP contribution is -2.38. The lowest BCUT2D eigenvalue weighted by atomic mass is 9.80. The van der Waals surface area contributed by atoms with Crippen molar-refractivity contribution in [2.45, 2.75) is 31.2 Å². The summed E-state index contributed by atoms with van der Waals surface area (Å²) in [4.78, 5) is 2.57. The van der Waals surface area contributed by atoms with Crippen LogP contribution in [0.15, 0.2) is 60.7 Å². The third kappa shape index (κ3) is 3.40. The minimum Gasteiger partial charge on any atom is -0.318 e. The third-order valence-electron chi connectivity index (χ3n) is 4.82. The summed E-state index contributed by atoms with van der Waals surface area (Å²) in [5.74, 6) is 0. The van der Waals surface area contributed by atoms with Crippen molar-refractivity contribution in [3.63, 3.8) is 0 Å². The average molecular weight is 294 g/mol. The number of likely N-dealkylation sites (tertiary alicyclic amines) is 1. The van der Waals surface area contributed by atoms with Crippen molar-refractivity contribution in [2.75, 3.05) is 19.6 Å². The molecule has 2 N–H and O–H groups in total. The molecule has 0 radical (unpaired) electrons. The number of nitrogens with two attached hydrogens (primary N) is 1. The second-order valence-corrected chi connectivity index (χ2v) is 6.36. The molecule has 0 unspecified atom stereocenters. The largest absolute Gasteiger partial charge is 0.318 e. The average Bonchev–Trinajstić information content (AvgIpc) is 3.10. The van der Waals surface area contributed by atoms with Crippen molar-refractivity contribution in [1.29, 1.82) is 0 Å². The molecule has 116 valence electrons. The van der Waals surface area contributed by atoms with Crippen molar-refractivity contribution >= 4 is 0 Å². The predicted octanol–water partition coefficient (Wildman–Crippen LogP) is 3.76. The lowest BCUT2D eigenvalue weighted by Gasteiger charge is -2.31. The van der Waals surface area contributed by atoms with Crippen LogP contribution in [0.4, 0.5) is 0 Å². The monoisotopic (exact) mass is 294 g/mol. The zero-order valence-electron chi connectivity index (χ0n) is 13.2. The Morgan fingerprint density at radius 1 is 0.818 bits per heavy atom. The minimum absolute atomic E-state index is 0.387. The molecule has 0 aliphatic carbocycles. The first-order chi connectivity index (χ1) is 10.8. The Morgan fingerprint density at radius 2 is 1.32 bits per heavy atom. The molecule has 0 amide bonds. The molecule has 2 aromatic rings. The van der Waals surface area contributed by atoms with Gasteiger partial charge in [0.25, 0.3) is 0 Å². The summed E-state index contributed by atoms with van der Waals surface area (Å²) in [5.41, 5.74) is 8.94. The molecule has 2 aromatic carbocycles. The quantitative estimate of drug-likeness (QED) is 0.879. The van der Waals surface area contributed by atoms with E-state index in [9.17, 15) is 0 Å². The fourth-order valence-corrected chi connectivity index (χ4v) is 3.51. The molecule has 3 rings (SSSR count). The van der Waals surface area contributed by atoms with Gasteiger partial charge >= 0.3 is 0 Å². The molecule has 1 aliphatic heterocycles. The van der Waals surface area contributed by atoms with Crippen molar-refractivity contribution in [2.24, 2.45) is 5.73 Å². The first kappa shape index (κ1) is 15.3. The fraction of sp³-hybridized carbons (Fsp3) is 0.400. The Morgan fingerprint density at radius 3 is 1.82 bits per heavy atom. The van der Waals surface area contributed by atoms with Gasteiger partial charge in [0.1, 0.15) is 0 Å². The van der Waals surface area contributed by atoms with Crippen LogP contribution < -0.4 is 5.73 Å². The second-order valence-electron chi connectivity index (χ2n) is 6.36. The Kier molecular flexibility index (Phi) is 4.91. The zero-order valence-corrected chi connectivity index (χ0v) is 13.2. The van der Waals surface area contributed by atoms with Gasteiger partial charge in [0.15, 0.2) is 0 Å². The van der Waals surface area contributed by atoms with E-state index in [0.717, 1.165) is 12.8 Å². The topological polar surface area (TPSA) is 29.3 Å². The van der Waals surface area contributed by atoms with Crippen LogP contribution >= 0.6 is 0 Å². The van der Waals surface area contributed by atoms with Crippen molar-refractivity contribution < 1.29 is 0 Å². The van der Waals surface area contributed by atoms with Crippen LogP contribution in [0.3, 0.4) is 0 Å². The second kappa shape index (κ2) is 7.08. The van der Waals surface area contributed by atoms with Gasteiger partial charge in [-0.3, -0.25) is 0 Å². The molecule has 1 fully saturated rings. The van der Waals surface area contributed by atoms with Crippen molar-refractivity contribution in [3.05, 3.63) is 71.8 Å². The maximum atomic E-state index is 6.91. The van der Waals surface area contributed by atoms with Crippen LogP contribution in [-0.2, 0) is 5.54 Å². The van der Waals surface area contributed by atoms with E-state index < -0.39 is 0 Å². The molecule has 1 saturated heterocycles. The zero-order chi connectivity index (χ0) is 15.3. The Hall–Kier alpha value is -1.64. The molecule has 2 heteroatoms. The van der Waals surface area contributed by atoms with Crippen LogP contribution in [0, 0.1) is 0 Å². The van der Waals surface area contributed by atoms with Gasteiger partial charge in [-0.15, -0.1) is 0 Å². The smallest absolute Gasteiger partial charge is 0.0666 e. The highest BCUT2D eigenvalue weighted by Crippen LogP contribution is 2.31. The fourth-order valence-electron chi connectivity index (χ4n) is 3.51. The molecule has 2 nitrogen and oxygen atoms in total. The van der Waals surface area contributed by atoms with Gasteiger partial charge in [-0.05, 0) is 56.4 Å². The van der Waals surface area contributed by atoms with E-state index in [-0.39, 0.29) is 5.54 Å². The van der Waals surface area contributed by atoms with Crippen molar-refractivity contribution in [1.82, 2.24) is 4.90 Å². The van der Waals surface area contributed by atoms with E-state index >= 15 is 0 Å². The van der Waals surface area contributed by atoms with Gasteiger partial charge in [-0.2, -0.15) is 0 Å². The normalized spacial score (nSPS) is 16.0. The molecular formula is C20H26N2. The van der Waals surface area contributed by atoms with Crippen LogP contribution in [0.1, 0.15) is 36.8 Å². The standard InChI is InChI=1S/C20H26N2/c21-20(18-10-3-1-4-11-18,19-12-5-2-6-13-19)14-9-17-22-15-7-8-16-22/h1-6,10-13H,7-9,14-17,21H2. The van der Waals surface area contributed by atoms with Crippen molar-refractivity contribution in [3.8, 4) is 0 Å². The summed E-state index contributed by atoms with van der Waals surface area (Å²) in [7, 11) is 0. The van der Waals surface area contributed by atoms with Gasteiger partial charge in [0, 0.05) is 0 Å². The van der Waals surface area contributed by atoms with Crippen LogP contribution in [0.25, 0.3) is 0 Å². The molecule has 22 heavy (non-hydrogen) atoms. The first-order valence-electron chi connectivity index (χ1n) is 8.41. The van der Waals surface area contributed by atoms with E-state index in [1.54, 1.807) is 0 Å². The van der Waals surface area contributed by atoms with Crippen LogP contribution in [-0.4, -0.2) is 24.5 Å². The van der Waals surface area contributed by atoms with Crippen LogP contribution in [0.5, 0.6) is 0 Å². The highest BCUT2D eigenvalue weighted by Gasteiger charge is 2.29. The maximum absolute atomic E-state index is 6.91. The Labute approximate surface area is 134 Å². The predicted molar refractivity (Wildman–Crippen MR) is 92.8 cm³/mol. The summed E-state index contributed by atoms with van der Waals surface area (Å²) in [6, 6.07) is 21.1. The number of hydrogen-bond acceptors (Lipinski definition) is 2. The lowest BCUT2D eigenvalue weighted by molar-refractivity contribution is 0.313.